The Balaban J connectivity index is 1.68. The monoisotopic (exact) mass is 348 g/mol. The SMILES string of the molecule is S=C(Nc1ccccc1)N(CCOc1ccccc1)c1ccccc1. The predicted octanol–water partition coefficient (Wildman–Crippen LogP) is 4.97. The topological polar surface area (TPSA) is 24.5 Å². The lowest BCUT2D eigenvalue weighted by molar-refractivity contribution is 0.328. The summed E-state index contributed by atoms with van der Waals surface area (Å²) in [4.78, 5) is 2.05. The highest BCUT2D eigenvalue weighted by Crippen LogP contribution is 2.16. The highest BCUT2D eigenvalue weighted by atomic mass is 32.1. The molecular formula is C21H20N2OS. The van der Waals surface area contributed by atoms with E-state index in [2.05, 4.69) is 5.32 Å². The van der Waals surface area contributed by atoms with Crippen LogP contribution in [0.3, 0.4) is 0 Å². The molecule has 0 heterocycles. The van der Waals surface area contributed by atoms with Crippen LogP contribution in [0.4, 0.5) is 11.4 Å². The van der Waals surface area contributed by atoms with E-state index < -0.39 is 0 Å². The van der Waals surface area contributed by atoms with Gasteiger partial charge < -0.3 is 15.0 Å². The Labute approximate surface area is 153 Å². The number of nitrogens with zero attached hydrogens (tertiary/aromatic N) is 1. The van der Waals surface area contributed by atoms with Crippen LogP contribution in [0.5, 0.6) is 5.75 Å². The van der Waals surface area contributed by atoms with Gasteiger partial charge in [0.2, 0.25) is 0 Å². The van der Waals surface area contributed by atoms with E-state index in [1.54, 1.807) is 0 Å². The molecule has 3 rings (SSSR count). The Morgan fingerprint density at radius 1 is 0.800 bits per heavy atom. The number of anilines is 2. The number of hydrogen-bond donors (Lipinski definition) is 1. The second-order valence-corrected chi connectivity index (χ2v) is 5.83. The van der Waals surface area contributed by atoms with Gasteiger partial charge in [-0.2, -0.15) is 0 Å². The quantitative estimate of drug-likeness (QED) is 0.636. The molecule has 0 unspecified atom stereocenters. The molecule has 0 fully saturated rings. The second-order valence-electron chi connectivity index (χ2n) is 5.44. The fraction of sp³-hybridized carbons (Fsp3) is 0.0952. The third kappa shape index (κ3) is 5.06. The third-order valence-corrected chi connectivity index (χ3v) is 3.99. The van der Waals surface area contributed by atoms with Gasteiger partial charge in [0.15, 0.2) is 5.11 Å². The van der Waals surface area contributed by atoms with Crippen LogP contribution in [-0.4, -0.2) is 18.3 Å². The van der Waals surface area contributed by atoms with Crippen molar-refractivity contribution in [1.29, 1.82) is 0 Å². The van der Waals surface area contributed by atoms with E-state index >= 15 is 0 Å². The van der Waals surface area contributed by atoms with E-state index in [1.165, 1.54) is 0 Å². The molecule has 3 aromatic carbocycles. The Hall–Kier alpha value is -2.85. The normalized spacial score (nSPS) is 10.1. The van der Waals surface area contributed by atoms with Crippen molar-refractivity contribution in [3.63, 3.8) is 0 Å². The zero-order valence-corrected chi connectivity index (χ0v) is 14.7. The molecule has 0 aliphatic carbocycles. The zero-order valence-electron chi connectivity index (χ0n) is 13.8. The van der Waals surface area contributed by atoms with Crippen molar-refractivity contribution in [3.05, 3.63) is 91.0 Å². The van der Waals surface area contributed by atoms with E-state index in [1.807, 2.05) is 95.9 Å². The molecule has 0 saturated carbocycles. The number of nitrogens with one attached hydrogen (secondary N) is 1. The van der Waals surface area contributed by atoms with Crippen molar-refractivity contribution in [3.8, 4) is 5.75 Å². The van der Waals surface area contributed by atoms with Gasteiger partial charge in [0, 0.05) is 11.4 Å². The molecule has 0 bridgehead atoms. The lowest BCUT2D eigenvalue weighted by Crippen LogP contribution is -2.37. The fourth-order valence-electron chi connectivity index (χ4n) is 2.44. The first kappa shape index (κ1) is 17.0. The Morgan fingerprint density at radius 2 is 1.36 bits per heavy atom. The zero-order chi connectivity index (χ0) is 17.3. The summed E-state index contributed by atoms with van der Waals surface area (Å²) in [5.41, 5.74) is 2.00. The number of hydrogen-bond acceptors (Lipinski definition) is 2. The van der Waals surface area contributed by atoms with Crippen LogP contribution in [0.2, 0.25) is 0 Å². The van der Waals surface area contributed by atoms with Crippen LogP contribution >= 0.6 is 12.2 Å². The van der Waals surface area contributed by atoms with Crippen LogP contribution < -0.4 is 15.0 Å². The number of ether oxygens (including phenoxy) is 1. The first-order chi connectivity index (χ1) is 12.3. The van der Waals surface area contributed by atoms with Crippen molar-refractivity contribution in [2.24, 2.45) is 0 Å². The minimum atomic E-state index is 0.537. The maximum atomic E-state index is 5.83. The van der Waals surface area contributed by atoms with Crippen LogP contribution in [-0.2, 0) is 0 Å². The fourth-order valence-corrected chi connectivity index (χ4v) is 2.75. The number of benzene rings is 3. The summed E-state index contributed by atoms with van der Waals surface area (Å²) in [6.45, 7) is 1.19. The lowest BCUT2D eigenvalue weighted by Gasteiger charge is -2.26. The van der Waals surface area contributed by atoms with Crippen LogP contribution in [0.15, 0.2) is 91.0 Å². The van der Waals surface area contributed by atoms with Crippen LogP contribution in [0.1, 0.15) is 0 Å². The lowest BCUT2D eigenvalue weighted by atomic mass is 10.3. The molecule has 0 spiro atoms. The van der Waals surface area contributed by atoms with Gasteiger partial charge in [-0.1, -0.05) is 54.6 Å². The Bertz CT molecular complexity index is 779. The molecule has 3 aromatic rings. The summed E-state index contributed by atoms with van der Waals surface area (Å²) in [5.74, 6) is 0.859. The maximum Gasteiger partial charge on any atom is 0.178 e. The van der Waals surface area contributed by atoms with E-state index in [0.717, 1.165) is 17.1 Å². The molecule has 3 nitrogen and oxygen atoms in total. The van der Waals surface area contributed by atoms with Gasteiger partial charge in [-0.25, -0.2) is 0 Å². The standard InChI is InChI=1S/C21H20N2OS/c25-21(22-18-10-4-1-5-11-18)23(19-12-6-2-7-13-19)16-17-24-20-14-8-3-9-15-20/h1-15H,16-17H2,(H,22,25). The van der Waals surface area contributed by atoms with Crippen molar-refractivity contribution < 1.29 is 4.74 Å². The van der Waals surface area contributed by atoms with E-state index in [-0.39, 0.29) is 0 Å². The predicted molar refractivity (Wildman–Crippen MR) is 108 cm³/mol. The minimum absolute atomic E-state index is 0.537. The molecule has 0 amide bonds. The first-order valence-corrected chi connectivity index (χ1v) is 8.60. The van der Waals surface area contributed by atoms with Crippen LogP contribution in [0, 0.1) is 0 Å². The molecular weight excluding hydrogens is 328 g/mol. The molecule has 0 aromatic heterocycles. The molecule has 0 atom stereocenters. The molecule has 1 N–H and O–H groups in total. The third-order valence-electron chi connectivity index (χ3n) is 3.66. The smallest absolute Gasteiger partial charge is 0.178 e. The number of rotatable bonds is 6. The van der Waals surface area contributed by atoms with Crippen molar-refractivity contribution in [2.75, 3.05) is 23.4 Å². The van der Waals surface area contributed by atoms with Gasteiger partial charge in [0.1, 0.15) is 12.4 Å². The van der Waals surface area contributed by atoms with Crippen molar-refractivity contribution in [1.82, 2.24) is 0 Å². The van der Waals surface area contributed by atoms with E-state index in [9.17, 15) is 0 Å². The summed E-state index contributed by atoms with van der Waals surface area (Å²) in [6.07, 6.45) is 0. The summed E-state index contributed by atoms with van der Waals surface area (Å²) in [7, 11) is 0. The van der Waals surface area contributed by atoms with Crippen molar-refractivity contribution in [2.45, 2.75) is 0 Å². The first-order valence-electron chi connectivity index (χ1n) is 8.19. The summed E-state index contributed by atoms with van der Waals surface area (Å²) >= 11 is 5.63. The number of thiocarbonyl (C=S) groups is 1. The molecule has 0 saturated heterocycles. The second kappa shape index (κ2) is 8.85. The molecule has 4 heteroatoms. The van der Waals surface area contributed by atoms with Gasteiger partial charge in [0.05, 0.1) is 6.54 Å². The van der Waals surface area contributed by atoms with Gasteiger partial charge in [-0.15, -0.1) is 0 Å². The maximum absolute atomic E-state index is 5.83. The number of para-hydroxylation sites is 3. The highest BCUT2D eigenvalue weighted by molar-refractivity contribution is 7.80. The molecule has 0 aliphatic heterocycles. The molecule has 0 aliphatic rings. The Morgan fingerprint density at radius 3 is 2.00 bits per heavy atom. The van der Waals surface area contributed by atoms with E-state index in [0.29, 0.717) is 18.3 Å². The largest absolute Gasteiger partial charge is 0.492 e. The summed E-state index contributed by atoms with van der Waals surface area (Å²) in [5, 5.41) is 3.94. The average molecular weight is 348 g/mol. The van der Waals surface area contributed by atoms with Gasteiger partial charge >= 0.3 is 0 Å². The van der Waals surface area contributed by atoms with Gasteiger partial charge in [-0.3, -0.25) is 0 Å². The summed E-state index contributed by atoms with van der Waals surface area (Å²) in [6, 6.07) is 29.8. The molecule has 25 heavy (non-hydrogen) atoms. The van der Waals surface area contributed by atoms with E-state index in [4.69, 9.17) is 17.0 Å². The highest BCUT2D eigenvalue weighted by Gasteiger charge is 2.12. The Kier molecular flexibility index (Phi) is 6.01. The van der Waals surface area contributed by atoms with Crippen LogP contribution in [0.25, 0.3) is 0 Å². The van der Waals surface area contributed by atoms with Crippen molar-refractivity contribution >= 4 is 28.7 Å². The molecule has 126 valence electrons. The summed E-state index contributed by atoms with van der Waals surface area (Å²) < 4.78 is 5.83. The minimum Gasteiger partial charge on any atom is -0.492 e. The average Bonchev–Trinajstić information content (AvgIpc) is 2.67. The molecule has 0 radical (unpaired) electrons. The van der Waals surface area contributed by atoms with Gasteiger partial charge in [-0.05, 0) is 48.6 Å². The van der Waals surface area contributed by atoms with Gasteiger partial charge in [0.25, 0.3) is 0 Å².